The Balaban J connectivity index is 2.28. The maximum Gasteiger partial charge on any atom is 0.0738 e. The molecule has 2 rings (SSSR count). The molecule has 0 aliphatic carbocycles. The number of aromatic nitrogens is 2. The van der Waals surface area contributed by atoms with E-state index in [4.69, 9.17) is 0 Å². The average molecular weight is 415 g/mol. The van der Waals surface area contributed by atoms with Crippen LogP contribution in [0.5, 0.6) is 0 Å². The predicted octanol–water partition coefficient (Wildman–Crippen LogP) is 4.54. The van der Waals surface area contributed by atoms with Crippen molar-refractivity contribution in [3.8, 4) is 0 Å². The first kappa shape index (κ1) is 16.7. The minimum atomic E-state index is 0.286. The number of nitrogens with zero attached hydrogens (tertiary/aromatic N) is 2. The zero-order valence-electron chi connectivity index (χ0n) is 12.7. The Bertz CT molecular complexity index is 608. The quantitative estimate of drug-likeness (QED) is 0.751. The molecule has 0 saturated heterocycles. The molecule has 5 heteroatoms. The molecule has 1 aromatic heterocycles. The van der Waals surface area contributed by atoms with Crippen LogP contribution in [-0.4, -0.2) is 16.3 Å². The van der Waals surface area contributed by atoms with Gasteiger partial charge < -0.3 is 5.32 Å². The molecular formula is C16H21Br2N3. The van der Waals surface area contributed by atoms with Crippen LogP contribution in [0.3, 0.4) is 0 Å². The second-order valence-corrected chi connectivity index (χ2v) is 6.94. The van der Waals surface area contributed by atoms with Gasteiger partial charge in [-0.15, -0.1) is 0 Å². The van der Waals surface area contributed by atoms with Crippen molar-refractivity contribution in [3.63, 3.8) is 0 Å². The minimum absolute atomic E-state index is 0.286. The van der Waals surface area contributed by atoms with Crippen LogP contribution in [0.1, 0.15) is 36.3 Å². The zero-order valence-corrected chi connectivity index (χ0v) is 15.8. The smallest absolute Gasteiger partial charge is 0.0738 e. The molecule has 1 unspecified atom stereocenters. The van der Waals surface area contributed by atoms with Gasteiger partial charge in [0.25, 0.3) is 0 Å². The summed E-state index contributed by atoms with van der Waals surface area (Å²) in [5.74, 6) is 0. The summed E-state index contributed by atoms with van der Waals surface area (Å²) in [6.07, 6.45) is 2.03. The summed E-state index contributed by atoms with van der Waals surface area (Å²) in [7, 11) is 2.00. The molecule has 0 radical (unpaired) electrons. The van der Waals surface area contributed by atoms with Gasteiger partial charge in [-0.25, -0.2) is 0 Å². The molecule has 0 amide bonds. The van der Waals surface area contributed by atoms with Crippen molar-refractivity contribution >= 4 is 31.9 Å². The van der Waals surface area contributed by atoms with Crippen LogP contribution < -0.4 is 5.32 Å². The second kappa shape index (κ2) is 7.56. The number of benzene rings is 1. The largest absolute Gasteiger partial charge is 0.310 e. The molecule has 1 N–H and O–H groups in total. The van der Waals surface area contributed by atoms with Gasteiger partial charge in [-0.2, -0.15) is 5.10 Å². The molecule has 1 aromatic carbocycles. The van der Waals surface area contributed by atoms with Crippen LogP contribution in [0.15, 0.2) is 33.2 Å². The molecular weight excluding hydrogens is 394 g/mol. The lowest BCUT2D eigenvalue weighted by Crippen LogP contribution is -2.25. The first-order valence-corrected chi connectivity index (χ1v) is 8.78. The Labute approximate surface area is 143 Å². The normalized spacial score (nSPS) is 12.6. The first-order valence-electron chi connectivity index (χ1n) is 7.19. The van der Waals surface area contributed by atoms with Gasteiger partial charge >= 0.3 is 0 Å². The highest BCUT2D eigenvalue weighted by Gasteiger charge is 2.18. The molecule has 21 heavy (non-hydrogen) atoms. The number of aryl methyl sites for hydroxylation is 2. The van der Waals surface area contributed by atoms with E-state index in [1.165, 1.54) is 11.3 Å². The molecule has 3 nitrogen and oxygen atoms in total. The first-order chi connectivity index (χ1) is 10.0. The van der Waals surface area contributed by atoms with E-state index in [0.29, 0.717) is 0 Å². The van der Waals surface area contributed by atoms with Crippen molar-refractivity contribution in [1.82, 2.24) is 15.1 Å². The molecule has 0 spiro atoms. The van der Waals surface area contributed by atoms with Crippen LogP contribution in [0.4, 0.5) is 0 Å². The Hall–Kier alpha value is -0.650. The van der Waals surface area contributed by atoms with Gasteiger partial charge in [-0.3, -0.25) is 4.68 Å². The van der Waals surface area contributed by atoms with E-state index in [1.54, 1.807) is 0 Å². The van der Waals surface area contributed by atoms with Gasteiger partial charge in [0.05, 0.1) is 15.9 Å². The van der Waals surface area contributed by atoms with Gasteiger partial charge in [0.1, 0.15) is 0 Å². The summed E-state index contributed by atoms with van der Waals surface area (Å²) in [4.78, 5) is 0. The fraction of sp³-hybridized carbons (Fsp3) is 0.438. The fourth-order valence-electron chi connectivity index (χ4n) is 2.44. The Morgan fingerprint density at radius 1 is 1.33 bits per heavy atom. The number of hydrogen-bond donors (Lipinski definition) is 1. The van der Waals surface area contributed by atoms with Gasteiger partial charge in [0.2, 0.25) is 0 Å². The van der Waals surface area contributed by atoms with E-state index in [1.807, 2.05) is 18.7 Å². The minimum Gasteiger partial charge on any atom is -0.310 e. The van der Waals surface area contributed by atoms with Crippen LogP contribution in [0, 0.1) is 6.92 Å². The zero-order chi connectivity index (χ0) is 15.4. The van der Waals surface area contributed by atoms with E-state index in [9.17, 15) is 0 Å². The number of halogens is 2. The Morgan fingerprint density at radius 3 is 2.67 bits per heavy atom. The Morgan fingerprint density at radius 2 is 2.10 bits per heavy atom. The highest BCUT2D eigenvalue weighted by molar-refractivity contribution is 9.10. The maximum absolute atomic E-state index is 4.49. The summed E-state index contributed by atoms with van der Waals surface area (Å²) in [5, 5.41) is 8.13. The summed E-state index contributed by atoms with van der Waals surface area (Å²) < 4.78 is 4.20. The van der Waals surface area contributed by atoms with E-state index in [0.717, 1.165) is 34.0 Å². The lowest BCUT2D eigenvalue weighted by Gasteiger charge is -2.20. The lowest BCUT2D eigenvalue weighted by atomic mass is 10.0. The van der Waals surface area contributed by atoms with Crippen molar-refractivity contribution in [2.45, 2.75) is 32.7 Å². The molecule has 0 aliphatic heterocycles. The highest BCUT2D eigenvalue weighted by Crippen LogP contribution is 2.27. The Kier molecular flexibility index (Phi) is 6.02. The maximum atomic E-state index is 4.49. The highest BCUT2D eigenvalue weighted by atomic mass is 79.9. The number of rotatable bonds is 6. The topological polar surface area (TPSA) is 29.9 Å². The summed E-state index contributed by atoms with van der Waals surface area (Å²) in [6.45, 7) is 5.22. The fourth-order valence-corrected chi connectivity index (χ4v) is 3.36. The molecule has 0 saturated carbocycles. The van der Waals surface area contributed by atoms with Crippen LogP contribution in [-0.2, 0) is 13.5 Å². The molecule has 0 aliphatic rings. The van der Waals surface area contributed by atoms with E-state index in [-0.39, 0.29) is 6.04 Å². The van der Waals surface area contributed by atoms with Crippen LogP contribution in [0.2, 0.25) is 0 Å². The average Bonchev–Trinajstić information content (AvgIpc) is 2.69. The standard InChI is InChI=1S/C16H21Br2N3/c1-4-8-19-14(12-6-5-7-13(17)9-12)10-15-16(18)11(2)20-21(15)3/h5-7,9,14,19H,4,8,10H2,1-3H3. The van der Waals surface area contributed by atoms with Crippen molar-refractivity contribution in [3.05, 3.63) is 50.2 Å². The summed E-state index contributed by atoms with van der Waals surface area (Å²) >= 11 is 7.23. The van der Waals surface area contributed by atoms with Crippen molar-refractivity contribution in [2.24, 2.45) is 7.05 Å². The predicted molar refractivity (Wildman–Crippen MR) is 94.5 cm³/mol. The lowest BCUT2D eigenvalue weighted by molar-refractivity contribution is 0.511. The summed E-state index contributed by atoms with van der Waals surface area (Å²) in [6, 6.07) is 8.79. The van der Waals surface area contributed by atoms with E-state index >= 15 is 0 Å². The van der Waals surface area contributed by atoms with Crippen molar-refractivity contribution < 1.29 is 0 Å². The van der Waals surface area contributed by atoms with Crippen molar-refractivity contribution in [1.29, 1.82) is 0 Å². The van der Waals surface area contributed by atoms with Crippen LogP contribution >= 0.6 is 31.9 Å². The monoisotopic (exact) mass is 413 g/mol. The second-order valence-electron chi connectivity index (χ2n) is 5.24. The number of hydrogen-bond acceptors (Lipinski definition) is 2. The van der Waals surface area contributed by atoms with Gasteiger partial charge in [0, 0.05) is 24.0 Å². The van der Waals surface area contributed by atoms with Crippen LogP contribution in [0.25, 0.3) is 0 Å². The van der Waals surface area contributed by atoms with E-state index in [2.05, 4.69) is 73.5 Å². The van der Waals surface area contributed by atoms with Crippen molar-refractivity contribution in [2.75, 3.05) is 6.54 Å². The number of nitrogens with one attached hydrogen (secondary N) is 1. The summed E-state index contributed by atoms with van der Waals surface area (Å²) in [5.41, 5.74) is 3.56. The molecule has 1 atom stereocenters. The third kappa shape index (κ3) is 4.18. The van der Waals surface area contributed by atoms with Gasteiger partial charge in [-0.05, 0) is 53.5 Å². The molecule has 1 heterocycles. The third-order valence-electron chi connectivity index (χ3n) is 3.55. The molecule has 2 aromatic rings. The van der Waals surface area contributed by atoms with E-state index < -0.39 is 0 Å². The SMILES string of the molecule is CCCNC(Cc1c(Br)c(C)nn1C)c1cccc(Br)c1. The molecule has 114 valence electrons. The molecule has 0 bridgehead atoms. The van der Waals surface area contributed by atoms with Gasteiger partial charge in [-0.1, -0.05) is 35.0 Å². The van der Waals surface area contributed by atoms with Gasteiger partial charge in [0.15, 0.2) is 0 Å². The molecule has 0 fully saturated rings. The third-order valence-corrected chi connectivity index (χ3v) is 5.08.